The van der Waals surface area contributed by atoms with E-state index in [4.69, 9.17) is 0 Å². The molecule has 112 valence electrons. The zero-order chi connectivity index (χ0) is 15.4. The molecule has 21 heavy (non-hydrogen) atoms. The van der Waals surface area contributed by atoms with E-state index in [2.05, 4.69) is 20.6 Å². The molecular weight excluding hydrogens is 268 g/mol. The summed E-state index contributed by atoms with van der Waals surface area (Å²) in [5.41, 5.74) is 0.771. The molecular formula is C15H20N4O2. The standard InChI is InChI=1S/C15H20N4O2/c1-9(2)8-12(14(20)21)18-15-17-11-7-5-4-6-10(11)13(16-3)19-15/h4-7,9,12H,8H2,1-3H3,(H,20,21)(H2,16,17,18,19). The Labute approximate surface area is 123 Å². The van der Waals surface area contributed by atoms with Gasteiger partial charge in [0.05, 0.1) is 5.52 Å². The van der Waals surface area contributed by atoms with Gasteiger partial charge in [-0.15, -0.1) is 0 Å². The highest BCUT2D eigenvalue weighted by atomic mass is 16.4. The number of anilines is 2. The van der Waals surface area contributed by atoms with Crippen LogP contribution in [0.2, 0.25) is 0 Å². The third kappa shape index (κ3) is 3.59. The van der Waals surface area contributed by atoms with Gasteiger partial charge >= 0.3 is 5.97 Å². The summed E-state index contributed by atoms with van der Waals surface area (Å²) in [6, 6.07) is 6.91. The number of carbonyl (C=O) groups is 1. The molecule has 1 aromatic heterocycles. The second-order valence-corrected chi connectivity index (χ2v) is 5.33. The van der Waals surface area contributed by atoms with Gasteiger partial charge in [-0.25, -0.2) is 9.78 Å². The Balaban J connectivity index is 2.35. The fourth-order valence-corrected chi connectivity index (χ4v) is 2.18. The van der Waals surface area contributed by atoms with Crippen LogP contribution in [0, 0.1) is 5.92 Å². The van der Waals surface area contributed by atoms with E-state index in [1.807, 2.05) is 38.1 Å². The van der Waals surface area contributed by atoms with Crippen LogP contribution in [0.3, 0.4) is 0 Å². The fraction of sp³-hybridized carbons (Fsp3) is 0.400. The lowest BCUT2D eigenvalue weighted by atomic mass is 10.0. The zero-order valence-corrected chi connectivity index (χ0v) is 12.4. The van der Waals surface area contributed by atoms with E-state index < -0.39 is 12.0 Å². The van der Waals surface area contributed by atoms with E-state index in [1.54, 1.807) is 7.05 Å². The molecule has 6 nitrogen and oxygen atoms in total. The van der Waals surface area contributed by atoms with Crippen LogP contribution in [0.15, 0.2) is 24.3 Å². The molecule has 1 unspecified atom stereocenters. The first-order valence-electron chi connectivity index (χ1n) is 6.95. The minimum absolute atomic E-state index is 0.267. The minimum atomic E-state index is -0.897. The van der Waals surface area contributed by atoms with Gasteiger partial charge in [-0.3, -0.25) is 0 Å². The van der Waals surface area contributed by atoms with Crippen LogP contribution in [0.25, 0.3) is 10.9 Å². The maximum Gasteiger partial charge on any atom is 0.326 e. The summed E-state index contributed by atoms with van der Waals surface area (Å²) in [5.74, 6) is 0.372. The number of carboxylic acids is 1. The predicted octanol–water partition coefficient (Wildman–Crippen LogP) is 2.58. The maximum absolute atomic E-state index is 11.3. The lowest BCUT2D eigenvalue weighted by molar-refractivity contribution is -0.138. The molecule has 0 bridgehead atoms. The number of hydrogen-bond acceptors (Lipinski definition) is 5. The van der Waals surface area contributed by atoms with Gasteiger partial charge in [-0.05, 0) is 24.5 Å². The largest absolute Gasteiger partial charge is 0.480 e. The van der Waals surface area contributed by atoms with E-state index in [0.717, 1.165) is 10.9 Å². The summed E-state index contributed by atoms with van der Waals surface area (Å²) in [4.78, 5) is 20.1. The van der Waals surface area contributed by atoms with Crippen molar-refractivity contribution in [3.63, 3.8) is 0 Å². The van der Waals surface area contributed by atoms with Gasteiger partial charge in [-0.1, -0.05) is 26.0 Å². The van der Waals surface area contributed by atoms with Gasteiger partial charge in [0.25, 0.3) is 0 Å². The van der Waals surface area contributed by atoms with Gasteiger partial charge in [0.15, 0.2) is 0 Å². The second kappa shape index (κ2) is 6.39. The summed E-state index contributed by atoms with van der Waals surface area (Å²) < 4.78 is 0. The fourth-order valence-electron chi connectivity index (χ4n) is 2.18. The SMILES string of the molecule is CNc1nc(NC(CC(C)C)C(=O)O)nc2ccccc12. The summed E-state index contributed by atoms with van der Waals surface area (Å²) in [7, 11) is 1.78. The minimum Gasteiger partial charge on any atom is -0.480 e. The maximum atomic E-state index is 11.3. The normalized spacial score (nSPS) is 12.4. The van der Waals surface area contributed by atoms with E-state index >= 15 is 0 Å². The molecule has 1 aromatic carbocycles. The first-order valence-corrected chi connectivity index (χ1v) is 6.95. The van der Waals surface area contributed by atoms with E-state index in [1.165, 1.54) is 0 Å². The highest BCUT2D eigenvalue weighted by Gasteiger charge is 2.20. The lowest BCUT2D eigenvalue weighted by Gasteiger charge is -2.17. The molecule has 2 aromatic rings. The average molecular weight is 288 g/mol. The number of carboxylic acid groups (broad SMARTS) is 1. The highest BCUT2D eigenvalue weighted by Crippen LogP contribution is 2.22. The Morgan fingerprint density at radius 2 is 2.00 bits per heavy atom. The number of nitrogens with one attached hydrogen (secondary N) is 2. The number of fused-ring (bicyclic) bond motifs is 1. The monoisotopic (exact) mass is 288 g/mol. The molecule has 6 heteroatoms. The number of hydrogen-bond donors (Lipinski definition) is 3. The molecule has 0 radical (unpaired) electrons. The molecule has 3 N–H and O–H groups in total. The molecule has 0 spiro atoms. The van der Waals surface area contributed by atoms with Crippen LogP contribution in [0.4, 0.5) is 11.8 Å². The van der Waals surface area contributed by atoms with Crippen LogP contribution in [0.5, 0.6) is 0 Å². The number of rotatable bonds is 6. The molecule has 0 aliphatic carbocycles. The molecule has 1 heterocycles. The quantitative estimate of drug-likeness (QED) is 0.757. The van der Waals surface area contributed by atoms with Crippen molar-refractivity contribution in [1.29, 1.82) is 0 Å². The Morgan fingerprint density at radius 3 is 2.62 bits per heavy atom. The van der Waals surface area contributed by atoms with Crippen LogP contribution in [-0.2, 0) is 4.79 Å². The predicted molar refractivity (Wildman–Crippen MR) is 83.6 cm³/mol. The molecule has 0 saturated carbocycles. The Morgan fingerprint density at radius 1 is 1.29 bits per heavy atom. The summed E-state index contributed by atoms with van der Waals surface area (Å²) in [5, 5.41) is 16.1. The van der Waals surface area contributed by atoms with Crippen molar-refractivity contribution in [3.8, 4) is 0 Å². The van der Waals surface area contributed by atoms with Gasteiger partial charge < -0.3 is 15.7 Å². The third-order valence-corrected chi connectivity index (χ3v) is 3.15. The highest BCUT2D eigenvalue weighted by molar-refractivity contribution is 5.90. The van der Waals surface area contributed by atoms with Gasteiger partial charge in [0.1, 0.15) is 11.9 Å². The zero-order valence-electron chi connectivity index (χ0n) is 12.4. The number of aliphatic carboxylic acids is 1. The molecule has 0 amide bonds. The number of para-hydroxylation sites is 1. The molecule has 0 aliphatic rings. The Bertz CT molecular complexity index is 643. The third-order valence-electron chi connectivity index (χ3n) is 3.15. The Hall–Kier alpha value is -2.37. The second-order valence-electron chi connectivity index (χ2n) is 5.33. The van der Waals surface area contributed by atoms with E-state index in [0.29, 0.717) is 18.2 Å². The van der Waals surface area contributed by atoms with Gasteiger partial charge in [0.2, 0.25) is 5.95 Å². The number of aromatic nitrogens is 2. The number of nitrogens with zero attached hydrogens (tertiary/aromatic N) is 2. The molecule has 2 rings (SSSR count). The first-order chi connectivity index (χ1) is 10.0. The lowest BCUT2D eigenvalue weighted by Crippen LogP contribution is -2.31. The van der Waals surface area contributed by atoms with E-state index in [9.17, 15) is 9.90 Å². The topological polar surface area (TPSA) is 87.1 Å². The van der Waals surface area contributed by atoms with E-state index in [-0.39, 0.29) is 5.92 Å². The average Bonchev–Trinajstić information content (AvgIpc) is 2.45. The van der Waals surface area contributed by atoms with Crippen molar-refractivity contribution in [2.45, 2.75) is 26.3 Å². The van der Waals surface area contributed by atoms with Crippen molar-refractivity contribution >= 4 is 28.6 Å². The molecule has 1 atom stereocenters. The molecule has 0 saturated heterocycles. The number of benzene rings is 1. The summed E-state index contributed by atoms with van der Waals surface area (Å²) in [6.45, 7) is 3.97. The van der Waals surface area contributed by atoms with Crippen LogP contribution < -0.4 is 10.6 Å². The molecule has 0 fully saturated rings. The summed E-state index contributed by atoms with van der Waals surface area (Å²) in [6.07, 6.45) is 0.514. The van der Waals surface area contributed by atoms with Crippen molar-refractivity contribution in [3.05, 3.63) is 24.3 Å². The van der Waals surface area contributed by atoms with Crippen LogP contribution in [0.1, 0.15) is 20.3 Å². The smallest absolute Gasteiger partial charge is 0.326 e. The van der Waals surface area contributed by atoms with Crippen molar-refractivity contribution in [2.75, 3.05) is 17.7 Å². The van der Waals surface area contributed by atoms with Crippen LogP contribution in [-0.4, -0.2) is 34.1 Å². The van der Waals surface area contributed by atoms with Gasteiger partial charge in [-0.2, -0.15) is 4.98 Å². The Kier molecular flexibility index (Phi) is 4.57. The summed E-state index contributed by atoms with van der Waals surface area (Å²) >= 11 is 0. The first kappa shape index (κ1) is 15.0. The molecule has 0 aliphatic heterocycles. The van der Waals surface area contributed by atoms with Crippen LogP contribution >= 0.6 is 0 Å². The van der Waals surface area contributed by atoms with Crippen molar-refractivity contribution in [2.24, 2.45) is 5.92 Å². The van der Waals surface area contributed by atoms with Gasteiger partial charge in [0, 0.05) is 12.4 Å². The van der Waals surface area contributed by atoms with Crippen molar-refractivity contribution in [1.82, 2.24) is 9.97 Å². The van der Waals surface area contributed by atoms with Crippen molar-refractivity contribution < 1.29 is 9.90 Å².